The minimum atomic E-state index is 0.000192. The Balaban J connectivity index is 1.27. The number of nitrogens with one attached hydrogen (secondary N) is 1. The van der Waals surface area contributed by atoms with Crippen molar-refractivity contribution in [2.75, 3.05) is 37.2 Å². The molecule has 186 valence electrons. The van der Waals surface area contributed by atoms with E-state index in [0.29, 0.717) is 52.4 Å². The quantitative estimate of drug-likeness (QED) is 0.398. The van der Waals surface area contributed by atoms with Crippen LogP contribution in [-0.2, 0) is 6.54 Å². The molecular formula is C27H26N8OS. The lowest BCUT2D eigenvalue weighted by Crippen LogP contribution is -2.48. The van der Waals surface area contributed by atoms with Gasteiger partial charge < -0.3 is 16.0 Å². The molecule has 3 heterocycles. The average molecular weight is 511 g/mol. The maximum absolute atomic E-state index is 13.2. The van der Waals surface area contributed by atoms with Gasteiger partial charge >= 0.3 is 0 Å². The topological polar surface area (TPSA) is 124 Å². The summed E-state index contributed by atoms with van der Waals surface area (Å²) in [5, 5.41) is 13.1. The third kappa shape index (κ3) is 5.58. The number of carbonyl (C=O) groups excluding carboxylic acids is 1. The molecule has 2 aromatic carbocycles. The Bertz CT molecular complexity index is 1460. The van der Waals surface area contributed by atoms with Gasteiger partial charge in [-0.05, 0) is 30.7 Å². The van der Waals surface area contributed by atoms with Crippen molar-refractivity contribution in [2.24, 2.45) is 0 Å². The van der Waals surface area contributed by atoms with Crippen molar-refractivity contribution in [1.82, 2.24) is 24.8 Å². The molecule has 10 heteroatoms. The van der Waals surface area contributed by atoms with Crippen LogP contribution in [0.15, 0.2) is 60.8 Å². The minimum absolute atomic E-state index is 0.000192. The van der Waals surface area contributed by atoms with E-state index in [-0.39, 0.29) is 5.91 Å². The van der Waals surface area contributed by atoms with Crippen molar-refractivity contribution in [2.45, 2.75) is 13.5 Å². The molecule has 0 unspecified atom stereocenters. The molecule has 0 aliphatic carbocycles. The van der Waals surface area contributed by atoms with Crippen LogP contribution in [0.25, 0.3) is 10.6 Å². The molecule has 1 aliphatic heterocycles. The highest BCUT2D eigenvalue weighted by Crippen LogP contribution is 2.32. The fraction of sp³-hybridized carbons (Fsp3) is 0.222. The molecule has 1 aliphatic rings. The third-order valence-corrected chi connectivity index (χ3v) is 7.20. The summed E-state index contributed by atoms with van der Waals surface area (Å²) in [5.41, 5.74) is 9.94. The van der Waals surface area contributed by atoms with Crippen LogP contribution in [0.3, 0.4) is 0 Å². The number of benzene rings is 2. The molecule has 3 N–H and O–H groups in total. The number of hydrogen-bond acceptors (Lipinski definition) is 9. The van der Waals surface area contributed by atoms with Crippen LogP contribution in [0.4, 0.5) is 16.8 Å². The van der Waals surface area contributed by atoms with E-state index >= 15 is 0 Å². The molecule has 0 saturated carbocycles. The van der Waals surface area contributed by atoms with Gasteiger partial charge in [-0.15, -0.1) is 0 Å². The second-order valence-electron chi connectivity index (χ2n) is 8.79. The number of thiazole rings is 1. The predicted molar refractivity (Wildman–Crippen MR) is 144 cm³/mol. The molecule has 1 amide bonds. The monoisotopic (exact) mass is 510 g/mol. The predicted octanol–water partition coefficient (Wildman–Crippen LogP) is 4.06. The van der Waals surface area contributed by atoms with Crippen molar-refractivity contribution < 1.29 is 4.79 Å². The lowest BCUT2D eigenvalue weighted by molar-refractivity contribution is 0.0628. The standard InChI is InChI=1S/C27H26N8OS/c1-18-24(37-26(29)31-18)23-21(15-28)16-30-27(33-23)32-22-9-5-8-20(14-22)25(36)35-12-10-34(11-13-35)17-19-6-3-2-4-7-19/h2-9,14,16H,10-13,17H2,1H3,(H2,29,31)(H,30,32,33). The molecule has 1 fully saturated rings. The summed E-state index contributed by atoms with van der Waals surface area (Å²) in [7, 11) is 0. The molecule has 0 atom stereocenters. The van der Waals surface area contributed by atoms with E-state index in [1.165, 1.54) is 23.1 Å². The van der Waals surface area contributed by atoms with Crippen LogP contribution in [-0.4, -0.2) is 56.8 Å². The maximum atomic E-state index is 13.2. The number of carbonyl (C=O) groups is 1. The van der Waals surface area contributed by atoms with E-state index in [2.05, 4.69) is 55.5 Å². The van der Waals surface area contributed by atoms with Gasteiger partial charge in [0.25, 0.3) is 5.91 Å². The van der Waals surface area contributed by atoms with Crippen LogP contribution in [0.2, 0.25) is 0 Å². The second-order valence-corrected chi connectivity index (χ2v) is 9.82. The van der Waals surface area contributed by atoms with Crippen LogP contribution >= 0.6 is 11.3 Å². The van der Waals surface area contributed by atoms with Crippen LogP contribution in [0.5, 0.6) is 0 Å². The Morgan fingerprint density at radius 2 is 1.89 bits per heavy atom. The smallest absolute Gasteiger partial charge is 0.254 e. The first-order valence-corrected chi connectivity index (χ1v) is 12.7. The summed E-state index contributed by atoms with van der Waals surface area (Å²) in [6, 6.07) is 19.8. The first kappa shape index (κ1) is 24.4. The summed E-state index contributed by atoms with van der Waals surface area (Å²) >= 11 is 1.28. The fourth-order valence-electron chi connectivity index (χ4n) is 4.33. The first-order valence-electron chi connectivity index (χ1n) is 11.9. The number of nitrogens with two attached hydrogens (primary N) is 1. The summed E-state index contributed by atoms with van der Waals surface area (Å²) in [6.45, 7) is 5.76. The van der Waals surface area contributed by atoms with Crippen LogP contribution in [0.1, 0.15) is 27.2 Å². The van der Waals surface area contributed by atoms with Gasteiger partial charge in [0.2, 0.25) is 5.95 Å². The third-order valence-electron chi connectivity index (χ3n) is 6.21. The van der Waals surface area contributed by atoms with E-state index in [9.17, 15) is 10.1 Å². The average Bonchev–Trinajstić information content (AvgIpc) is 3.27. The normalized spacial score (nSPS) is 13.8. The second kappa shape index (κ2) is 10.7. The minimum Gasteiger partial charge on any atom is -0.375 e. The van der Waals surface area contributed by atoms with Crippen molar-refractivity contribution in [3.63, 3.8) is 0 Å². The van der Waals surface area contributed by atoms with E-state index < -0.39 is 0 Å². The van der Waals surface area contributed by atoms with Gasteiger partial charge in [-0.1, -0.05) is 47.7 Å². The molecule has 4 aromatic rings. The molecule has 2 aromatic heterocycles. The van der Waals surface area contributed by atoms with E-state index in [1.807, 2.05) is 36.1 Å². The van der Waals surface area contributed by atoms with Crippen LogP contribution < -0.4 is 11.1 Å². The summed E-state index contributed by atoms with van der Waals surface area (Å²) in [4.78, 5) is 31.3. The van der Waals surface area contributed by atoms with E-state index in [1.54, 1.807) is 6.07 Å². The number of amides is 1. The van der Waals surface area contributed by atoms with E-state index in [0.717, 1.165) is 24.5 Å². The summed E-state index contributed by atoms with van der Waals surface area (Å²) < 4.78 is 0. The number of piperazine rings is 1. The Morgan fingerprint density at radius 3 is 2.59 bits per heavy atom. The van der Waals surface area contributed by atoms with Gasteiger partial charge in [-0.3, -0.25) is 9.69 Å². The summed E-state index contributed by atoms with van der Waals surface area (Å²) in [5.74, 6) is 0.319. The highest BCUT2D eigenvalue weighted by molar-refractivity contribution is 7.18. The van der Waals surface area contributed by atoms with Gasteiger partial charge in [0.1, 0.15) is 11.8 Å². The Morgan fingerprint density at radius 1 is 1.11 bits per heavy atom. The van der Waals surface area contributed by atoms with Crippen molar-refractivity contribution in [3.05, 3.63) is 83.2 Å². The largest absolute Gasteiger partial charge is 0.375 e. The number of nitrogen functional groups attached to an aromatic ring is 1. The van der Waals surface area contributed by atoms with Gasteiger partial charge in [0.05, 0.1) is 22.3 Å². The lowest BCUT2D eigenvalue weighted by atomic mass is 10.1. The van der Waals surface area contributed by atoms with E-state index in [4.69, 9.17) is 5.73 Å². The zero-order valence-corrected chi connectivity index (χ0v) is 21.2. The van der Waals surface area contributed by atoms with Gasteiger partial charge in [-0.25, -0.2) is 15.0 Å². The van der Waals surface area contributed by atoms with Crippen molar-refractivity contribution >= 4 is 34.0 Å². The van der Waals surface area contributed by atoms with Crippen molar-refractivity contribution in [3.8, 4) is 16.6 Å². The number of aryl methyl sites for hydroxylation is 1. The maximum Gasteiger partial charge on any atom is 0.254 e. The van der Waals surface area contributed by atoms with Gasteiger partial charge in [0.15, 0.2) is 5.13 Å². The highest BCUT2D eigenvalue weighted by atomic mass is 32.1. The molecule has 1 saturated heterocycles. The SMILES string of the molecule is Cc1nc(N)sc1-c1nc(Nc2cccc(C(=O)N3CCN(Cc4ccccc4)CC3)c2)ncc1C#N. The number of anilines is 3. The van der Waals surface area contributed by atoms with Gasteiger partial charge in [0, 0.05) is 44.0 Å². The molecule has 9 nitrogen and oxygen atoms in total. The molecule has 0 bridgehead atoms. The number of rotatable bonds is 6. The Kier molecular flexibility index (Phi) is 7.07. The number of nitrogens with zero attached hydrogens (tertiary/aromatic N) is 6. The zero-order valence-electron chi connectivity index (χ0n) is 20.4. The number of hydrogen-bond donors (Lipinski definition) is 2. The van der Waals surface area contributed by atoms with Crippen molar-refractivity contribution in [1.29, 1.82) is 5.26 Å². The molecule has 0 radical (unpaired) electrons. The summed E-state index contributed by atoms with van der Waals surface area (Å²) in [6.07, 6.45) is 1.48. The Labute approximate surface area is 219 Å². The number of nitriles is 1. The highest BCUT2D eigenvalue weighted by Gasteiger charge is 2.22. The molecule has 0 spiro atoms. The van der Waals surface area contributed by atoms with Gasteiger partial charge in [-0.2, -0.15) is 5.26 Å². The zero-order chi connectivity index (χ0) is 25.8. The first-order chi connectivity index (χ1) is 18.0. The van der Waals surface area contributed by atoms with Crippen LogP contribution in [0, 0.1) is 18.3 Å². The molecule has 5 rings (SSSR count). The molecule has 37 heavy (non-hydrogen) atoms. The number of aromatic nitrogens is 3. The Hall–Kier alpha value is -4.33. The fourth-order valence-corrected chi connectivity index (χ4v) is 5.16. The lowest BCUT2D eigenvalue weighted by Gasteiger charge is -2.34. The molecular weight excluding hydrogens is 484 g/mol.